The van der Waals surface area contributed by atoms with Crippen LogP contribution in [0.2, 0.25) is 0 Å². The smallest absolute Gasteiger partial charge is 0.143 e. The summed E-state index contributed by atoms with van der Waals surface area (Å²) in [5, 5.41) is 0. The third kappa shape index (κ3) is 2.50. The number of hydrogen-bond donors (Lipinski definition) is 2. The van der Waals surface area contributed by atoms with Gasteiger partial charge in [-0.15, -0.1) is 0 Å². The third-order valence-corrected chi connectivity index (χ3v) is 3.03. The Hall–Kier alpha value is -1.16. The van der Waals surface area contributed by atoms with E-state index in [1.807, 2.05) is 6.07 Å². The van der Waals surface area contributed by atoms with Crippen molar-refractivity contribution >= 4 is 5.82 Å². The molecule has 4 nitrogen and oxygen atoms in total. The lowest BCUT2D eigenvalue weighted by Gasteiger charge is -2.24. The molecule has 1 aliphatic rings. The largest absolute Gasteiger partial charge is 0.308 e. The lowest BCUT2D eigenvalue weighted by atomic mass is 9.85. The zero-order valence-corrected chi connectivity index (χ0v) is 10.0. The number of rotatable bonds is 4. The molecule has 88 valence electrons. The van der Waals surface area contributed by atoms with E-state index >= 15 is 0 Å². The van der Waals surface area contributed by atoms with E-state index in [1.54, 1.807) is 0 Å². The van der Waals surface area contributed by atoms with Gasteiger partial charge in [0.25, 0.3) is 0 Å². The fraction of sp³-hybridized carbons (Fsp3) is 0.667. The quantitative estimate of drug-likeness (QED) is 0.603. The first-order chi connectivity index (χ1) is 7.69. The number of aromatic nitrogens is 2. The molecule has 2 rings (SSSR count). The Morgan fingerprint density at radius 3 is 2.69 bits per heavy atom. The molecule has 1 aromatic heterocycles. The summed E-state index contributed by atoms with van der Waals surface area (Å²) in [4.78, 5) is 9.07. The minimum absolute atomic E-state index is 0.555. The normalized spacial score (nSPS) is 16.2. The van der Waals surface area contributed by atoms with E-state index in [1.165, 1.54) is 19.3 Å². The van der Waals surface area contributed by atoms with Crippen molar-refractivity contribution in [3.8, 4) is 0 Å². The van der Waals surface area contributed by atoms with Gasteiger partial charge < -0.3 is 5.43 Å². The highest BCUT2D eigenvalue weighted by Crippen LogP contribution is 2.34. The molecule has 4 heteroatoms. The summed E-state index contributed by atoms with van der Waals surface area (Å²) >= 11 is 0. The van der Waals surface area contributed by atoms with E-state index < -0.39 is 0 Å². The van der Waals surface area contributed by atoms with Crippen LogP contribution < -0.4 is 11.3 Å². The predicted octanol–water partition coefficient (Wildman–Crippen LogP) is 2.23. The van der Waals surface area contributed by atoms with Crippen molar-refractivity contribution < 1.29 is 0 Å². The highest BCUT2D eigenvalue weighted by molar-refractivity contribution is 5.35. The predicted molar refractivity (Wildman–Crippen MR) is 65.0 cm³/mol. The summed E-state index contributed by atoms with van der Waals surface area (Å²) in [7, 11) is 0. The summed E-state index contributed by atoms with van der Waals surface area (Å²) < 4.78 is 0. The third-order valence-electron chi connectivity index (χ3n) is 3.03. The summed E-state index contributed by atoms with van der Waals surface area (Å²) in [6, 6.07) is 1.95. The summed E-state index contributed by atoms with van der Waals surface area (Å²) in [5.41, 5.74) is 3.73. The van der Waals surface area contributed by atoms with E-state index in [2.05, 4.69) is 29.2 Å². The lowest BCUT2D eigenvalue weighted by molar-refractivity contribution is 0.400. The Bertz CT molecular complexity index is 358. The van der Waals surface area contributed by atoms with Crippen LogP contribution >= 0.6 is 0 Å². The SMILES string of the molecule is CC(C)Cc1cc(NN)nc(C2CCC2)n1. The first-order valence-corrected chi connectivity index (χ1v) is 6.03. The van der Waals surface area contributed by atoms with Gasteiger partial charge in [0.2, 0.25) is 0 Å². The highest BCUT2D eigenvalue weighted by atomic mass is 15.3. The molecule has 1 aliphatic carbocycles. The van der Waals surface area contributed by atoms with Crippen molar-refractivity contribution in [2.24, 2.45) is 11.8 Å². The molecule has 0 aromatic carbocycles. The molecule has 1 aromatic rings. The number of nitrogens with zero attached hydrogens (tertiary/aromatic N) is 2. The van der Waals surface area contributed by atoms with Crippen LogP contribution in [0.4, 0.5) is 5.82 Å². The van der Waals surface area contributed by atoms with Crippen LogP contribution in [0.5, 0.6) is 0 Å². The molecule has 0 amide bonds. The molecular formula is C12H20N4. The van der Waals surface area contributed by atoms with Gasteiger partial charge in [0.05, 0.1) is 0 Å². The van der Waals surface area contributed by atoms with Crippen molar-refractivity contribution in [3.63, 3.8) is 0 Å². The molecule has 0 radical (unpaired) electrons. The fourth-order valence-corrected chi connectivity index (χ4v) is 1.96. The number of anilines is 1. The molecule has 3 N–H and O–H groups in total. The Labute approximate surface area is 96.6 Å². The Morgan fingerprint density at radius 2 is 2.19 bits per heavy atom. The monoisotopic (exact) mass is 220 g/mol. The molecule has 1 saturated carbocycles. The van der Waals surface area contributed by atoms with Crippen LogP contribution in [-0.2, 0) is 6.42 Å². The van der Waals surface area contributed by atoms with Crippen molar-refractivity contribution in [2.75, 3.05) is 5.43 Å². The first-order valence-electron chi connectivity index (χ1n) is 6.03. The van der Waals surface area contributed by atoms with Crippen molar-refractivity contribution in [2.45, 2.75) is 45.4 Å². The number of hydrogen-bond acceptors (Lipinski definition) is 4. The number of nitrogens with one attached hydrogen (secondary N) is 1. The van der Waals surface area contributed by atoms with Crippen LogP contribution in [0, 0.1) is 5.92 Å². The number of nitrogen functional groups attached to an aromatic ring is 1. The number of hydrazine groups is 1. The van der Waals surface area contributed by atoms with Crippen LogP contribution in [0.25, 0.3) is 0 Å². The summed E-state index contributed by atoms with van der Waals surface area (Å²) in [6.07, 6.45) is 4.72. The topological polar surface area (TPSA) is 63.8 Å². The second-order valence-corrected chi connectivity index (χ2v) is 4.97. The van der Waals surface area contributed by atoms with Gasteiger partial charge in [0.1, 0.15) is 11.6 Å². The lowest BCUT2D eigenvalue weighted by Crippen LogP contribution is -2.17. The maximum Gasteiger partial charge on any atom is 0.143 e. The van der Waals surface area contributed by atoms with Crippen LogP contribution in [0.1, 0.15) is 50.5 Å². The van der Waals surface area contributed by atoms with Gasteiger partial charge in [-0.3, -0.25) is 0 Å². The van der Waals surface area contributed by atoms with E-state index in [-0.39, 0.29) is 0 Å². The molecule has 0 spiro atoms. The summed E-state index contributed by atoms with van der Waals surface area (Å²) in [5.74, 6) is 8.31. The van der Waals surface area contributed by atoms with E-state index in [4.69, 9.17) is 5.84 Å². The zero-order valence-electron chi connectivity index (χ0n) is 10.0. The molecular weight excluding hydrogens is 200 g/mol. The number of nitrogens with two attached hydrogens (primary N) is 1. The van der Waals surface area contributed by atoms with Gasteiger partial charge in [-0.1, -0.05) is 20.3 Å². The molecule has 0 aliphatic heterocycles. The van der Waals surface area contributed by atoms with Crippen LogP contribution in [0.3, 0.4) is 0 Å². The van der Waals surface area contributed by atoms with Gasteiger partial charge in [-0.25, -0.2) is 15.8 Å². The second kappa shape index (κ2) is 4.78. The molecule has 0 unspecified atom stereocenters. The highest BCUT2D eigenvalue weighted by Gasteiger charge is 2.23. The van der Waals surface area contributed by atoms with Crippen LogP contribution in [-0.4, -0.2) is 9.97 Å². The molecule has 1 heterocycles. The molecule has 1 fully saturated rings. The Morgan fingerprint density at radius 1 is 1.44 bits per heavy atom. The van der Waals surface area contributed by atoms with Crippen molar-refractivity contribution in [1.29, 1.82) is 0 Å². The fourth-order valence-electron chi connectivity index (χ4n) is 1.96. The molecule has 0 bridgehead atoms. The van der Waals surface area contributed by atoms with Crippen LogP contribution in [0.15, 0.2) is 6.07 Å². The van der Waals surface area contributed by atoms with E-state index in [9.17, 15) is 0 Å². The average Bonchev–Trinajstić information content (AvgIpc) is 2.13. The minimum atomic E-state index is 0.555. The Balaban J connectivity index is 2.23. The van der Waals surface area contributed by atoms with Crippen molar-refractivity contribution in [1.82, 2.24) is 9.97 Å². The second-order valence-electron chi connectivity index (χ2n) is 4.97. The molecule has 0 atom stereocenters. The van der Waals surface area contributed by atoms with Gasteiger partial charge in [0.15, 0.2) is 0 Å². The first kappa shape index (κ1) is 11.3. The average molecular weight is 220 g/mol. The van der Waals surface area contributed by atoms with Gasteiger partial charge >= 0.3 is 0 Å². The summed E-state index contributed by atoms with van der Waals surface area (Å²) in [6.45, 7) is 4.39. The minimum Gasteiger partial charge on any atom is -0.308 e. The standard InChI is InChI=1S/C12H20N4/c1-8(2)6-10-7-11(16-13)15-12(14-10)9-4-3-5-9/h7-9H,3-6,13H2,1-2H3,(H,14,15,16). The van der Waals surface area contributed by atoms with Gasteiger partial charge in [-0.05, 0) is 25.2 Å². The molecule has 16 heavy (non-hydrogen) atoms. The van der Waals surface area contributed by atoms with Crippen molar-refractivity contribution in [3.05, 3.63) is 17.6 Å². The van der Waals surface area contributed by atoms with E-state index in [0.717, 1.165) is 23.8 Å². The van der Waals surface area contributed by atoms with Gasteiger partial charge in [-0.2, -0.15) is 0 Å². The Kier molecular flexibility index (Phi) is 3.39. The maximum absolute atomic E-state index is 5.44. The maximum atomic E-state index is 5.44. The zero-order chi connectivity index (χ0) is 11.5. The van der Waals surface area contributed by atoms with Gasteiger partial charge in [0, 0.05) is 17.7 Å². The molecule has 0 saturated heterocycles. The van der Waals surface area contributed by atoms with E-state index in [0.29, 0.717) is 11.8 Å².